The molecule has 0 amide bonds. The van der Waals surface area contributed by atoms with Crippen molar-refractivity contribution in [3.05, 3.63) is 22.9 Å². The Bertz CT molecular complexity index is 467. The molecular weight excluding hydrogens is 240 g/mol. The van der Waals surface area contributed by atoms with Crippen LogP contribution in [0.3, 0.4) is 0 Å². The summed E-state index contributed by atoms with van der Waals surface area (Å²) < 4.78 is 5.75. The minimum absolute atomic E-state index is 0.0150. The van der Waals surface area contributed by atoms with E-state index in [4.69, 9.17) is 15.9 Å². The van der Waals surface area contributed by atoms with Gasteiger partial charge in [0, 0.05) is 12.2 Å². The predicted octanol–water partition coefficient (Wildman–Crippen LogP) is 1.46. The van der Waals surface area contributed by atoms with E-state index in [-0.39, 0.29) is 5.84 Å². The molecule has 3 N–H and O–H groups in total. The third-order valence-electron chi connectivity index (χ3n) is 3.43. The molecule has 0 aromatic carbocycles. The van der Waals surface area contributed by atoms with Crippen molar-refractivity contribution in [2.45, 2.75) is 26.7 Å². The quantitative estimate of drug-likeness (QED) is 0.622. The summed E-state index contributed by atoms with van der Waals surface area (Å²) in [4.78, 5) is 6.74. The first kappa shape index (κ1) is 13.8. The largest absolute Gasteiger partial charge is 0.476 e. The zero-order valence-corrected chi connectivity index (χ0v) is 11.7. The van der Waals surface area contributed by atoms with Crippen LogP contribution in [-0.4, -0.2) is 42.0 Å². The van der Waals surface area contributed by atoms with E-state index in [0.717, 1.165) is 30.9 Å². The summed E-state index contributed by atoms with van der Waals surface area (Å²) in [5.74, 6) is 0.505. The SMILES string of the molecule is Cc1cc(C)c(C(=N)N)c(OCCN2CCCC2)n1. The first-order valence-electron chi connectivity index (χ1n) is 6.75. The van der Waals surface area contributed by atoms with Crippen molar-refractivity contribution in [1.29, 1.82) is 5.41 Å². The van der Waals surface area contributed by atoms with Crippen LogP contribution in [0, 0.1) is 19.3 Å². The number of pyridine rings is 1. The Morgan fingerprint density at radius 1 is 1.42 bits per heavy atom. The Labute approximate surface area is 114 Å². The van der Waals surface area contributed by atoms with E-state index >= 15 is 0 Å². The maximum Gasteiger partial charge on any atom is 0.225 e. The highest BCUT2D eigenvalue weighted by molar-refractivity contribution is 5.98. The highest BCUT2D eigenvalue weighted by Gasteiger charge is 2.15. The number of hydrogen-bond acceptors (Lipinski definition) is 4. The summed E-state index contributed by atoms with van der Waals surface area (Å²) in [7, 11) is 0. The Morgan fingerprint density at radius 2 is 2.11 bits per heavy atom. The summed E-state index contributed by atoms with van der Waals surface area (Å²) in [5.41, 5.74) is 8.06. The monoisotopic (exact) mass is 262 g/mol. The lowest BCUT2D eigenvalue weighted by Crippen LogP contribution is -2.26. The number of hydrogen-bond donors (Lipinski definition) is 2. The summed E-state index contributed by atoms with van der Waals surface area (Å²) in [6.45, 7) is 7.66. The topological polar surface area (TPSA) is 75.2 Å². The van der Waals surface area contributed by atoms with Crippen molar-refractivity contribution in [3.8, 4) is 5.88 Å². The highest BCUT2D eigenvalue weighted by atomic mass is 16.5. The van der Waals surface area contributed by atoms with E-state index in [2.05, 4.69) is 9.88 Å². The van der Waals surface area contributed by atoms with Crippen molar-refractivity contribution < 1.29 is 4.74 Å². The fraction of sp³-hybridized carbons (Fsp3) is 0.571. The van der Waals surface area contributed by atoms with Gasteiger partial charge in [-0.2, -0.15) is 0 Å². The maximum absolute atomic E-state index is 7.64. The molecule has 1 aromatic heterocycles. The number of rotatable bonds is 5. The van der Waals surface area contributed by atoms with Gasteiger partial charge in [-0.3, -0.25) is 10.3 Å². The maximum atomic E-state index is 7.64. The molecule has 0 aliphatic carbocycles. The lowest BCUT2D eigenvalue weighted by molar-refractivity contribution is 0.231. The number of aromatic nitrogens is 1. The normalized spacial score (nSPS) is 15.7. The molecule has 5 heteroatoms. The smallest absolute Gasteiger partial charge is 0.225 e. The number of nitrogen functional groups attached to an aromatic ring is 1. The number of nitrogens with two attached hydrogens (primary N) is 1. The number of nitrogens with zero attached hydrogens (tertiary/aromatic N) is 2. The molecule has 0 atom stereocenters. The van der Waals surface area contributed by atoms with Gasteiger partial charge in [0.1, 0.15) is 12.4 Å². The molecular formula is C14H22N4O. The molecule has 1 aliphatic rings. The second kappa shape index (κ2) is 6.02. The van der Waals surface area contributed by atoms with Gasteiger partial charge in [-0.15, -0.1) is 0 Å². The fourth-order valence-electron chi connectivity index (χ4n) is 2.51. The standard InChI is InChI=1S/C14H22N4O/c1-10-9-11(2)17-14(12(10)13(15)16)19-8-7-18-5-3-4-6-18/h9H,3-8H2,1-2H3,(H3,15,16). The zero-order chi connectivity index (χ0) is 13.8. The summed E-state index contributed by atoms with van der Waals surface area (Å²) >= 11 is 0. The molecule has 0 spiro atoms. The van der Waals surface area contributed by atoms with E-state index in [9.17, 15) is 0 Å². The molecule has 1 aliphatic heterocycles. The average molecular weight is 262 g/mol. The lowest BCUT2D eigenvalue weighted by Gasteiger charge is -2.16. The molecule has 1 fully saturated rings. The van der Waals surface area contributed by atoms with Crippen molar-refractivity contribution >= 4 is 5.84 Å². The van der Waals surface area contributed by atoms with Gasteiger partial charge in [-0.25, -0.2) is 4.98 Å². The van der Waals surface area contributed by atoms with Crippen molar-refractivity contribution in [1.82, 2.24) is 9.88 Å². The van der Waals surface area contributed by atoms with Gasteiger partial charge in [-0.1, -0.05) is 0 Å². The van der Waals surface area contributed by atoms with E-state index in [1.807, 2.05) is 19.9 Å². The van der Waals surface area contributed by atoms with Gasteiger partial charge in [0.2, 0.25) is 5.88 Å². The molecule has 1 saturated heterocycles. The third-order valence-corrected chi connectivity index (χ3v) is 3.43. The van der Waals surface area contributed by atoms with Gasteiger partial charge in [0.25, 0.3) is 0 Å². The molecule has 2 rings (SSSR count). The zero-order valence-electron chi connectivity index (χ0n) is 11.7. The third kappa shape index (κ3) is 3.44. The number of amidine groups is 1. The second-order valence-electron chi connectivity index (χ2n) is 5.07. The van der Waals surface area contributed by atoms with Crippen LogP contribution < -0.4 is 10.5 Å². The second-order valence-corrected chi connectivity index (χ2v) is 5.07. The Kier molecular flexibility index (Phi) is 4.37. The van der Waals surface area contributed by atoms with Crippen molar-refractivity contribution in [3.63, 3.8) is 0 Å². The molecule has 0 saturated carbocycles. The first-order valence-corrected chi connectivity index (χ1v) is 6.75. The molecule has 0 unspecified atom stereocenters. The van der Waals surface area contributed by atoms with E-state index in [0.29, 0.717) is 18.1 Å². The average Bonchev–Trinajstić information content (AvgIpc) is 2.80. The number of nitrogens with one attached hydrogen (secondary N) is 1. The summed E-state index contributed by atoms with van der Waals surface area (Å²) in [6, 6.07) is 1.92. The van der Waals surface area contributed by atoms with Crippen LogP contribution in [0.4, 0.5) is 0 Å². The Balaban J connectivity index is 2.03. The lowest BCUT2D eigenvalue weighted by atomic mass is 10.1. The molecule has 1 aromatic rings. The van der Waals surface area contributed by atoms with Crippen LogP contribution in [0.25, 0.3) is 0 Å². The van der Waals surface area contributed by atoms with Crippen LogP contribution in [0.15, 0.2) is 6.07 Å². The van der Waals surface area contributed by atoms with Gasteiger partial charge in [-0.05, 0) is 51.4 Å². The number of ether oxygens (including phenoxy) is 1. The van der Waals surface area contributed by atoms with Crippen LogP contribution in [-0.2, 0) is 0 Å². The molecule has 2 heterocycles. The van der Waals surface area contributed by atoms with E-state index < -0.39 is 0 Å². The van der Waals surface area contributed by atoms with Crippen LogP contribution in [0.2, 0.25) is 0 Å². The van der Waals surface area contributed by atoms with Crippen molar-refractivity contribution in [2.24, 2.45) is 5.73 Å². The minimum atomic E-state index is 0.0150. The number of likely N-dealkylation sites (tertiary alicyclic amines) is 1. The first-order chi connectivity index (χ1) is 9.08. The molecule has 0 radical (unpaired) electrons. The summed E-state index contributed by atoms with van der Waals surface area (Å²) in [6.07, 6.45) is 2.56. The van der Waals surface area contributed by atoms with E-state index in [1.165, 1.54) is 12.8 Å². The molecule has 5 nitrogen and oxygen atoms in total. The predicted molar refractivity (Wildman–Crippen MR) is 75.9 cm³/mol. The highest BCUT2D eigenvalue weighted by Crippen LogP contribution is 2.20. The van der Waals surface area contributed by atoms with Gasteiger partial charge >= 0.3 is 0 Å². The summed E-state index contributed by atoms with van der Waals surface area (Å²) in [5, 5.41) is 7.64. The Hall–Kier alpha value is -1.62. The van der Waals surface area contributed by atoms with Crippen LogP contribution >= 0.6 is 0 Å². The van der Waals surface area contributed by atoms with Gasteiger partial charge in [0.05, 0.1) is 5.56 Å². The van der Waals surface area contributed by atoms with Gasteiger partial charge in [0.15, 0.2) is 0 Å². The van der Waals surface area contributed by atoms with Gasteiger partial charge < -0.3 is 10.5 Å². The molecule has 104 valence electrons. The van der Waals surface area contributed by atoms with Crippen molar-refractivity contribution in [2.75, 3.05) is 26.2 Å². The minimum Gasteiger partial charge on any atom is -0.476 e. The molecule has 19 heavy (non-hydrogen) atoms. The van der Waals surface area contributed by atoms with E-state index in [1.54, 1.807) is 0 Å². The van der Waals surface area contributed by atoms with Crippen LogP contribution in [0.1, 0.15) is 29.7 Å². The van der Waals surface area contributed by atoms with Crippen LogP contribution in [0.5, 0.6) is 5.88 Å². The molecule has 0 bridgehead atoms. The fourth-order valence-corrected chi connectivity index (χ4v) is 2.51. The number of aryl methyl sites for hydroxylation is 2. The Morgan fingerprint density at radius 3 is 2.74 bits per heavy atom.